The third-order valence-corrected chi connectivity index (χ3v) is 7.66. The van der Waals surface area contributed by atoms with Crippen LogP contribution in [-0.2, 0) is 10.0 Å². The zero-order valence-electron chi connectivity index (χ0n) is 16.8. The fraction of sp³-hybridized carbons (Fsp3) is 0.280. The highest BCUT2D eigenvalue weighted by Gasteiger charge is 2.31. The Kier molecular flexibility index (Phi) is 5.09. The Hall–Kier alpha value is -2.63. The first-order chi connectivity index (χ1) is 14.6. The summed E-state index contributed by atoms with van der Waals surface area (Å²) in [7, 11) is -3.70. The van der Waals surface area contributed by atoms with Crippen molar-refractivity contribution in [1.29, 1.82) is 0 Å². The van der Waals surface area contributed by atoms with Crippen LogP contribution in [0.5, 0.6) is 11.5 Å². The SMILES string of the molecule is O=S(=O)(NC1c2ccccc2Oc2ccccc21)c1ccc(C2CCCCC2)cc1. The molecule has 1 saturated carbocycles. The molecule has 0 unspecified atom stereocenters. The minimum Gasteiger partial charge on any atom is -0.457 e. The maximum atomic E-state index is 13.3. The second-order valence-corrected chi connectivity index (χ2v) is 9.85. The van der Waals surface area contributed by atoms with E-state index in [-0.39, 0.29) is 0 Å². The molecule has 3 aromatic rings. The second kappa shape index (κ2) is 7.89. The molecule has 0 atom stereocenters. The fourth-order valence-corrected chi connectivity index (χ4v) is 5.81. The number of ether oxygens (including phenoxy) is 1. The van der Waals surface area contributed by atoms with E-state index >= 15 is 0 Å². The molecular weight excluding hydrogens is 394 g/mol. The number of rotatable bonds is 4. The smallest absolute Gasteiger partial charge is 0.241 e. The maximum absolute atomic E-state index is 13.3. The Labute approximate surface area is 178 Å². The van der Waals surface area contributed by atoms with E-state index in [4.69, 9.17) is 4.74 Å². The van der Waals surface area contributed by atoms with Gasteiger partial charge in [0, 0.05) is 11.1 Å². The monoisotopic (exact) mass is 419 g/mol. The highest BCUT2D eigenvalue weighted by atomic mass is 32.2. The first-order valence-corrected chi connectivity index (χ1v) is 12.1. The number of benzene rings is 3. The van der Waals surface area contributed by atoms with E-state index in [0.29, 0.717) is 22.3 Å². The van der Waals surface area contributed by atoms with Gasteiger partial charge in [0.25, 0.3) is 0 Å². The molecule has 0 saturated heterocycles. The van der Waals surface area contributed by atoms with Gasteiger partial charge >= 0.3 is 0 Å². The molecule has 3 aromatic carbocycles. The summed E-state index contributed by atoms with van der Waals surface area (Å²) in [6.07, 6.45) is 6.21. The topological polar surface area (TPSA) is 55.4 Å². The van der Waals surface area contributed by atoms with E-state index in [1.165, 1.54) is 37.7 Å². The van der Waals surface area contributed by atoms with E-state index in [0.717, 1.165) is 11.1 Å². The minimum absolute atomic E-state index is 0.295. The first kappa shape index (κ1) is 19.3. The highest BCUT2D eigenvalue weighted by Crippen LogP contribution is 2.43. The van der Waals surface area contributed by atoms with Gasteiger partial charge in [0.1, 0.15) is 11.5 Å². The molecule has 30 heavy (non-hydrogen) atoms. The van der Waals surface area contributed by atoms with Crippen molar-refractivity contribution in [2.45, 2.75) is 49.0 Å². The Morgan fingerprint density at radius 1 is 0.733 bits per heavy atom. The summed E-state index contributed by atoms with van der Waals surface area (Å²) >= 11 is 0. The molecule has 2 aliphatic rings. The molecule has 1 heterocycles. The van der Waals surface area contributed by atoms with Crippen LogP contribution in [0.3, 0.4) is 0 Å². The van der Waals surface area contributed by atoms with Crippen molar-refractivity contribution in [3.63, 3.8) is 0 Å². The summed E-state index contributed by atoms with van der Waals surface area (Å²) in [6.45, 7) is 0. The van der Waals surface area contributed by atoms with Gasteiger partial charge in [0.15, 0.2) is 0 Å². The van der Waals surface area contributed by atoms with Crippen LogP contribution in [0.15, 0.2) is 77.7 Å². The van der Waals surface area contributed by atoms with Crippen LogP contribution >= 0.6 is 0 Å². The summed E-state index contributed by atoms with van der Waals surface area (Å²) in [6, 6.07) is 22.1. The van der Waals surface area contributed by atoms with Crippen molar-refractivity contribution < 1.29 is 13.2 Å². The molecule has 0 spiro atoms. The molecule has 5 rings (SSSR count). The van der Waals surface area contributed by atoms with Gasteiger partial charge in [-0.2, -0.15) is 4.72 Å². The van der Waals surface area contributed by atoms with Gasteiger partial charge in [-0.15, -0.1) is 0 Å². The van der Waals surface area contributed by atoms with Crippen molar-refractivity contribution in [3.8, 4) is 11.5 Å². The summed E-state index contributed by atoms with van der Waals surface area (Å²) in [5.41, 5.74) is 2.88. The summed E-state index contributed by atoms with van der Waals surface area (Å²) < 4.78 is 35.4. The van der Waals surface area contributed by atoms with Gasteiger partial charge in [0.2, 0.25) is 10.0 Å². The molecule has 154 valence electrons. The third kappa shape index (κ3) is 3.64. The standard InChI is InChI=1S/C25H25NO3S/c27-30(28,20-16-14-19(15-17-20)18-8-2-1-3-9-18)26-25-21-10-4-6-12-23(21)29-24-13-7-5-11-22(24)25/h4-7,10-18,25-26H,1-3,8-9H2. The molecule has 1 aliphatic heterocycles. The molecule has 1 N–H and O–H groups in total. The molecular formula is C25H25NO3S. The average Bonchev–Trinajstić information content (AvgIpc) is 2.79. The van der Waals surface area contributed by atoms with E-state index < -0.39 is 16.1 Å². The molecule has 1 fully saturated rings. The van der Waals surface area contributed by atoms with E-state index in [2.05, 4.69) is 4.72 Å². The number of para-hydroxylation sites is 2. The van der Waals surface area contributed by atoms with E-state index in [9.17, 15) is 8.42 Å². The predicted molar refractivity (Wildman–Crippen MR) is 117 cm³/mol. The number of hydrogen-bond donors (Lipinski definition) is 1. The summed E-state index contributed by atoms with van der Waals surface area (Å²) in [5, 5.41) is 0. The number of hydrogen-bond acceptors (Lipinski definition) is 3. The van der Waals surface area contributed by atoms with Crippen molar-refractivity contribution in [2.24, 2.45) is 0 Å². The predicted octanol–water partition coefficient (Wildman–Crippen LogP) is 5.91. The van der Waals surface area contributed by atoms with Crippen molar-refractivity contribution in [1.82, 2.24) is 4.72 Å². The van der Waals surface area contributed by atoms with Gasteiger partial charge in [-0.05, 0) is 48.6 Å². The van der Waals surface area contributed by atoms with Crippen LogP contribution in [0.25, 0.3) is 0 Å². The lowest BCUT2D eigenvalue weighted by Gasteiger charge is -2.28. The normalized spacial score (nSPS) is 17.1. The van der Waals surface area contributed by atoms with Crippen LogP contribution in [0.4, 0.5) is 0 Å². The quantitative estimate of drug-likeness (QED) is 0.572. The third-order valence-electron chi connectivity index (χ3n) is 6.22. The van der Waals surface area contributed by atoms with Gasteiger partial charge in [-0.25, -0.2) is 8.42 Å². The zero-order chi connectivity index (χ0) is 20.6. The lowest BCUT2D eigenvalue weighted by Crippen LogP contribution is -2.31. The Bertz CT molecular complexity index is 1100. The first-order valence-electron chi connectivity index (χ1n) is 10.6. The second-order valence-electron chi connectivity index (χ2n) is 8.14. The van der Waals surface area contributed by atoms with Crippen LogP contribution in [0, 0.1) is 0 Å². The number of sulfonamides is 1. The Balaban J connectivity index is 1.45. The average molecular weight is 420 g/mol. The van der Waals surface area contributed by atoms with Crippen molar-refractivity contribution in [3.05, 3.63) is 89.5 Å². The highest BCUT2D eigenvalue weighted by molar-refractivity contribution is 7.89. The molecule has 0 radical (unpaired) electrons. The molecule has 0 aromatic heterocycles. The van der Waals surface area contributed by atoms with Crippen LogP contribution in [0.1, 0.15) is 60.8 Å². The van der Waals surface area contributed by atoms with Crippen molar-refractivity contribution in [2.75, 3.05) is 0 Å². The van der Waals surface area contributed by atoms with Crippen LogP contribution in [0.2, 0.25) is 0 Å². The van der Waals surface area contributed by atoms with Gasteiger partial charge in [0.05, 0.1) is 10.9 Å². The Morgan fingerprint density at radius 2 is 1.30 bits per heavy atom. The number of nitrogens with one attached hydrogen (secondary N) is 1. The molecule has 1 aliphatic carbocycles. The molecule has 0 bridgehead atoms. The largest absolute Gasteiger partial charge is 0.457 e. The summed E-state index contributed by atoms with van der Waals surface area (Å²) in [4.78, 5) is 0.295. The van der Waals surface area contributed by atoms with Gasteiger partial charge < -0.3 is 4.74 Å². The zero-order valence-corrected chi connectivity index (χ0v) is 17.6. The lowest BCUT2D eigenvalue weighted by molar-refractivity contribution is 0.440. The molecule has 5 heteroatoms. The van der Waals surface area contributed by atoms with Gasteiger partial charge in [-0.3, -0.25) is 0 Å². The lowest BCUT2D eigenvalue weighted by atomic mass is 9.84. The van der Waals surface area contributed by atoms with Gasteiger partial charge in [-0.1, -0.05) is 67.8 Å². The van der Waals surface area contributed by atoms with Crippen LogP contribution in [-0.4, -0.2) is 8.42 Å². The van der Waals surface area contributed by atoms with E-state index in [1.807, 2.05) is 60.7 Å². The fourth-order valence-electron chi connectivity index (χ4n) is 4.62. The maximum Gasteiger partial charge on any atom is 0.241 e. The van der Waals surface area contributed by atoms with Crippen molar-refractivity contribution >= 4 is 10.0 Å². The molecule has 0 amide bonds. The summed E-state index contributed by atoms with van der Waals surface area (Å²) in [5.74, 6) is 1.91. The van der Waals surface area contributed by atoms with E-state index in [1.54, 1.807) is 12.1 Å². The number of fused-ring (bicyclic) bond motifs is 2. The molecule has 4 nitrogen and oxygen atoms in total. The minimum atomic E-state index is -3.70. The van der Waals surface area contributed by atoms with Crippen LogP contribution < -0.4 is 9.46 Å². The Morgan fingerprint density at radius 3 is 1.90 bits per heavy atom.